The van der Waals surface area contributed by atoms with Crippen LogP contribution in [0.1, 0.15) is 42.4 Å². The van der Waals surface area contributed by atoms with Crippen molar-refractivity contribution < 1.29 is 9.90 Å². The molecule has 0 radical (unpaired) electrons. The van der Waals surface area contributed by atoms with E-state index in [2.05, 4.69) is 14.9 Å². The van der Waals surface area contributed by atoms with Crippen molar-refractivity contribution in [1.82, 2.24) is 14.9 Å². The zero-order valence-electron chi connectivity index (χ0n) is 13.5. The minimum absolute atomic E-state index is 0.196. The summed E-state index contributed by atoms with van der Waals surface area (Å²) in [5.41, 5.74) is 2.56. The normalized spacial score (nSPS) is 15.6. The van der Waals surface area contributed by atoms with Crippen LogP contribution >= 0.6 is 0 Å². The molecule has 0 fully saturated rings. The van der Waals surface area contributed by atoms with Gasteiger partial charge in [-0.15, -0.1) is 0 Å². The Morgan fingerprint density at radius 3 is 2.83 bits per heavy atom. The monoisotopic (exact) mass is 313 g/mol. The van der Waals surface area contributed by atoms with Crippen LogP contribution in [0.4, 0.5) is 0 Å². The molecule has 1 aliphatic heterocycles. The molecule has 2 N–H and O–H groups in total. The van der Waals surface area contributed by atoms with E-state index in [0.29, 0.717) is 5.69 Å². The number of hydrogen-bond donors (Lipinski definition) is 2. The number of fused-ring (bicyclic) bond motifs is 1. The minimum atomic E-state index is -0.561. The molecular weight excluding hydrogens is 290 g/mol. The summed E-state index contributed by atoms with van der Waals surface area (Å²) in [5.74, 6) is 0.670. The Hall–Kier alpha value is -2.14. The summed E-state index contributed by atoms with van der Waals surface area (Å²) in [6, 6.07) is 10.0. The third kappa shape index (κ3) is 3.45. The molecule has 2 heterocycles. The maximum absolute atomic E-state index is 12.5. The Morgan fingerprint density at radius 1 is 1.30 bits per heavy atom. The maximum atomic E-state index is 12.5. The summed E-state index contributed by atoms with van der Waals surface area (Å²) in [6.07, 6.45) is 3.67. The fourth-order valence-corrected chi connectivity index (χ4v) is 3.03. The molecule has 0 aliphatic carbocycles. The average molecular weight is 313 g/mol. The molecule has 1 atom stereocenters. The zero-order valence-corrected chi connectivity index (χ0v) is 13.5. The van der Waals surface area contributed by atoms with Gasteiger partial charge in [0.1, 0.15) is 11.5 Å². The van der Waals surface area contributed by atoms with Crippen molar-refractivity contribution in [2.24, 2.45) is 0 Å². The third-order valence-electron chi connectivity index (χ3n) is 4.17. The first-order chi connectivity index (χ1) is 11.2. The molecule has 5 nitrogen and oxygen atoms in total. The van der Waals surface area contributed by atoms with Crippen molar-refractivity contribution in [3.05, 3.63) is 41.7 Å². The van der Waals surface area contributed by atoms with Gasteiger partial charge in [-0.25, -0.2) is 4.98 Å². The van der Waals surface area contributed by atoms with Crippen LogP contribution in [0.15, 0.2) is 30.3 Å². The van der Waals surface area contributed by atoms with Gasteiger partial charge in [0.25, 0.3) is 5.91 Å². The highest BCUT2D eigenvalue weighted by Crippen LogP contribution is 2.27. The molecule has 1 aliphatic rings. The Bertz CT molecular complexity index is 677. The number of aromatic nitrogens is 2. The molecule has 1 amide bonds. The summed E-state index contributed by atoms with van der Waals surface area (Å²) in [6.45, 7) is 2.80. The molecule has 122 valence electrons. The topological polar surface area (TPSA) is 67.2 Å². The van der Waals surface area contributed by atoms with Crippen LogP contribution < -0.4 is 5.32 Å². The highest BCUT2D eigenvalue weighted by atomic mass is 16.3. The van der Waals surface area contributed by atoms with E-state index in [1.54, 1.807) is 6.92 Å². The van der Waals surface area contributed by atoms with E-state index in [1.807, 2.05) is 30.3 Å². The number of nitrogens with one attached hydrogen (secondary N) is 1. The SMILES string of the molecule is CC(O)CNC(=O)c1nc(-c2ccccc2)n2c1CCCCC2. The molecule has 23 heavy (non-hydrogen) atoms. The molecule has 2 aromatic rings. The van der Waals surface area contributed by atoms with Crippen LogP contribution in [0.2, 0.25) is 0 Å². The molecular formula is C18H23N3O2. The Morgan fingerprint density at radius 2 is 2.09 bits per heavy atom. The first kappa shape index (κ1) is 15.7. The van der Waals surface area contributed by atoms with Crippen molar-refractivity contribution in [2.45, 2.75) is 45.3 Å². The van der Waals surface area contributed by atoms with Crippen LogP contribution in [0, 0.1) is 0 Å². The number of carbonyl (C=O) groups is 1. The number of benzene rings is 1. The van der Waals surface area contributed by atoms with Gasteiger partial charge in [-0.1, -0.05) is 36.8 Å². The van der Waals surface area contributed by atoms with Crippen LogP contribution in [-0.4, -0.2) is 33.2 Å². The van der Waals surface area contributed by atoms with E-state index in [1.165, 1.54) is 6.42 Å². The second-order valence-corrected chi connectivity index (χ2v) is 6.12. The van der Waals surface area contributed by atoms with Crippen molar-refractivity contribution in [2.75, 3.05) is 6.54 Å². The van der Waals surface area contributed by atoms with Gasteiger partial charge in [0, 0.05) is 18.7 Å². The summed E-state index contributed by atoms with van der Waals surface area (Å²) in [7, 11) is 0. The number of rotatable bonds is 4. The lowest BCUT2D eigenvalue weighted by atomic mass is 10.1. The van der Waals surface area contributed by atoms with Gasteiger partial charge in [-0.3, -0.25) is 4.79 Å². The number of aliphatic hydroxyl groups excluding tert-OH is 1. The Kier molecular flexibility index (Phi) is 4.76. The van der Waals surface area contributed by atoms with Gasteiger partial charge in [-0.05, 0) is 26.2 Å². The Labute approximate surface area is 136 Å². The first-order valence-electron chi connectivity index (χ1n) is 8.28. The van der Waals surface area contributed by atoms with Crippen LogP contribution in [-0.2, 0) is 13.0 Å². The van der Waals surface area contributed by atoms with Gasteiger partial charge in [0.2, 0.25) is 0 Å². The number of carbonyl (C=O) groups excluding carboxylic acids is 1. The third-order valence-corrected chi connectivity index (χ3v) is 4.17. The van der Waals surface area contributed by atoms with Crippen molar-refractivity contribution >= 4 is 5.91 Å². The number of nitrogens with zero attached hydrogens (tertiary/aromatic N) is 2. The highest BCUT2D eigenvalue weighted by Gasteiger charge is 2.24. The van der Waals surface area contributed by atoms with E-state index in [9.17, 15) is 9.90 Å². The standard InChI is InChI=1S/C18H23N3O2/c1-13(22)12-19-18(23)16-15-10-6-3-7-11-21(15)17(20-16)14-8-4-2-5-9-14/h2,4-5,8-9,13,22H,3,6-7,10-12H2,1H3,(H,19,23). The molecule has 0 saturated heterocycles. The van der Waals surface area contributed by atoms with Crippen molar-refractivity contribution in [3.8, 4) is 11.4 Å². The molecule has 1 aromatic heterocycles. The molecule has 1 aromatic carbocycles. The molecule has 0 saturated carbocycles. The molecule has 0 spiro atoms. The fraction of sp³-hybridized carbons (Fsp3) is 0.444. The number of amides is 1. The van der Waals surface area contributed by atoms with E-state index in [4.69, 9.17) is 0 Å². The predicted molar refractivity (Wildman–Crippen MR) is 89.2 cm³/mol. The van der Waals surface area contributed by atoms with Gasteiger partial charge in [0.15, 0.2) is 0 Å². The van der Waals surface area contributed by atoms with Crippen LogP contribution in [0.25, 0.3) is 11.4 Å². The van der Waals surface area contributed by atoms with E-state index in [-0.39, 0.29) is 12.5 Å². The molecule has 0 bridgehead atoms. The quantitative estimate of drug-likeness (QED) is 0.911. The van der Waals surface area contributed by atoms with Crippen molar-refractivity contribution in [3.63, 3.8) is 0 Å². The van der Waals surface area contributed by atoms with Crippen LogP contribution in [0.5, 0.6) is 0 Å². The number of aliphatic hydroxyl groups is 1. The second-order valence-electron chi connectivity index (χ2n) is 6.12. The summed E-state index contributed by atoms with van der Waals surface area (Å²) < 4.78 is 2.19. The van der Waals surface area contributed by atoms with E-state index >= 15 is 0 Å². The van der Waals surface area contributed by atoms with Gasteiger partial charge in [0.05, 0.1) is 11.8 Å². The largest absolute Gasteiger partial charge is 0.392 e. The van der Waals surface area contributed by atoms with E-state index < -0.39 is 6.10 Å². The minimum Gasteiger partial charge on any atom is -0.392 e. The average Bonchev–Trinajstić information content (AvgIpc) is 2.75. The summed E-state index contributed by atoms with van der Waals surface area (Å²) in [4.78, 5) is 17.1. The number of imidazole rings is 1. The smallest absolute Gasteiger partial charge is 0.271 e. The maximum Gasteiger partial charge on any atom is 0.271 e. The second kappa shape index (κ2) is 6.96. The lowest BCUT2D eigenvalue weighted by Crippen LogP contribution is -2.31. The molecule has 5 heteroatoms. The highest BCUT2D eigenvalue weighted by molar-refractivity contribution is 5.94. The lowest BCUT2D eigenvalue weighted by molar-refractivity contribution is 0.0918. The van der Waals surface area contributed by atoms with Gasteiger partial charge < -0.3 is 15.0 Å². The van der Waals surface area contributed by atoms with Gasteiger partial charge >= 0.3 is 0 Å². The van der Waals surface area contributed by atoms with Gasteiger partial charge in [-0.2, -0.15) is 0 Å². The molecule has 1 unspecified atom stereocenters. The van der Waals surface area contributed by atoms with E-state index in [0.717, 1.165) is 42.9 Å². The first-order valence-corrected chi connectivity index (χ1v) is 8.28. The summed E-state index contributed by atoms with van der Waals surface area (Å²) in [5, 5.41) is 12.1. The zero-order chi connectivity index (χ0) is 16.2. The Balaban J connectivity index is 2.00. The molecule has 3 rings (SSSR count). The summed E-state index contributed by atoms with van der Waals surface area (Å²) >= 11 is 0. The number of hydrogen-bond acceptors (Lipinski definition) is 3. The van der Waals surface area contributed by atoms with Crippen LogP contribution in [0.3, 0.4) is 0 Å². The van der Waals surface area contributed by atoms with Crippen molar-refractivity contribution in [1.29, 1.82) is 0 Å². The predicted octanol–water partition coefficient (Wildman–Crippen LogP) is 2.39. The lowest BCUT2D eigenvalue weighted by Gasteiger charge is -2.09. The fourth-order valence-electron chi connectivity index (χ4n) is 3.03.